The molecule has 0 saturated heterocycles. The Morgan fingerprint density at radius 3 is 2.27 bits per heavy atom. The largest absolute Gasteiger partial charge is 0.573 e. The average Bonchev–Trinajstić information content (AvgIpc) is 3.03. The number of sulfonamides is 1. The van der Waals surface area contributed by atoms with Crippen molar-refractivity contribution >= 4 is 26.5 Å². The molecule has 1 N–H and O–H groups in total. The van der Waals surface area contributed by atoms with Gasteiger partial charge in [-0.2, -0.15) is 0 Å². The van der Waals surface area contributed by atoms with E-state index in [1.807, 2.05) is 0 Å². The molecule has 136 valence electrons. The van der Waals surface area contributed by atoms with Gasteiger partial charge < -0.3 is 4.74 Å². The SMILES string of the molecule is O=S(=O)(Nc1nc(-c2ccc(OC(F)(F)F)cc2)cs1)c1ccccc1. The number of benzene rings is 2. The second-order valence-corrected chi connectivity index (χ2v) is 7.57. The molecule has 0 fully saturated rings. The standard InChI is InChI=1S/C16H11F3N2O3S2/c17-16(18,19)24-12-8-6-11(7-9-12)14-10-25-15(20-14)21-26(22,23)13-4-2-1-3-5-13/h1-10H,(H,20,21). The Balaban J connectivity index is 1.76. The van der Waals surface area contributed by atoms with E-state index >= 15 is 0 Å². The van der Waals surface area contributed by atoms with Crippen molar-refractivity contribution < 1.29 is 26.3 Å². The fourth-order valence-electron chi connectivity index (χ4n) is 2.05. The number of hydrogen-bond donors (Lipinski definition) is 1. The van der Waals surface area contributed by atoms with E-state index in [4.69, 9.17) is 0 Å². The Morgan fingerprint density at radius 1 is 1.00 bits per heavy atom. The number of alkyl halides is 3. The number of anilines is 1. The van der Waals surface area contributed by atoms with Crippen molar-refractivity contribution in [3.63, 3.8) is 0 Å². The summed E-state index contributed by atoms with van der Waals surface area (Å²) < 4.78 is 67.2. The van der Waals surface area contributed by atoms with E-state index in [2.05, 4.69) is 14.4 Å². The molecule has 0 radical (unpaired) electrons. The number of thiazole rings is 1. The van der Waals surface area contributed by atoms with Gasteiger partial charge in [0.15, 0.2) is 5.13 Å². The quantitative estimate of drug-likeness (QED) is 0.684. The lowest BCUT2D eigenvalue weighted by molar-refractivity contribution is -0.274. The molecule has 0 saturated carbocycles. The predicted molar refractivity (Wildman–Crippen MR) is 91.5 cm³/mol. The Hall–Kier alpha value is -2.59. The van der Waals surface area contributed by atoms with Crippen LogP contribution in [-0.2, 0) is 10.0 Å². The summed E-state index contributed by atoms with van der Waals surface area (Å²) in [5.74, 6) is -0.346. The van der Waals surface area contributed by atoms with Gasteiger partial charge in [0, 0.05) is 10.9 Å². The van der Waals surface area contributed by atoms with Crippen LogP contribution in [0.25, 0.3) is 11.3 Å². The molecule has 3 aromatic rings. The van der Waals surface area contributed by atoms with Crippen LogP contribution in [-0.4, -0.2) is 19.8 Å². The monoisotopic (exact) mass is 400 g/mol. The lowest BCUT2D eigenvalue weighted by Gasteiger charge is -2.08. The molecule has 0 aliphatic heterocycles. The Morgan fingerprint density at radius 2 is 1.65 bits per heavy atom. The van der Waals surface area contributed by atoms with Crippen LogP contribution in [0.2, 0.25) is 0 Å². The minimum absolute atomic E-state index is 0.102. The fraction of sp³-hybridized carbons (Fsp3) is 0.0625. The highest BCUT2D eigenvalue weighted by Gasteiger charge is 2.31. The third-order valence-electron chi connectivity index (χ3n) is 3.16. The molecular weight excluding hydrogens is 389 g/mol. The molecule has 0 aliphatic carbocycles. The van der Waals surface area contributed by atoms with Gasteiger partial charge in [0.2, 0.25) is 0 Å². The molecule has 1 heterocycles. The van der Waals surface area contributed by atoms with E-state index in [0.29, 0.717) is 11.3 Å². The summed E-state index contributed by atoms with van der Waals surface area (Å²) in [6.45, 7) is 0. The van der Waals surface area contributed by atoms with Gasteiger partial charge in [0.05, 0.1) is 10.6 Å². The molecule has 0 atom stereocenters. The van der Waals surface area contributed by atoms with Crippen molar-refractivity contribution in [3.8, 4) is 17.0 Å². The highest BCUT2D eigenvalue weighted by Crippen LogP contribution is 2.29. The summed E-state index contributed by atoms with van der Waals surface area (Å²) in [5.41, 5.74) is 0.959. The van der Waals surface area contributed by atoms with Crippen LogP contribution >= 0.6 is 11.3 Å². The number of aromatic nitrogens is 1. The first-order valence-electron chi connectivity index (χ1n) is 7.12. The van der Waals surface area contributed by atoms with Gasteiger partial charge in [-0.05, 0) is 36.4 Å². The molecule has 0 amide bonds. The van der Waals surface area contributed by atoms with E-state index in [1.165, 1.54) is 24.3 Å². The predicted octanol–water partition coefficient (Wildman–Crippen LogP) is 4.51. The maximum absolute atomic E-state index is 12.3. The van der Waals surface area contributed by atoms with Crippen LogP contribution in [0.4, 0.5) is 18.3 Å². The molecule has 1 aromatic heterocycles. The molecule has 0 unspecified atom stereocenters. The van der Waals surface area contributed by atoms with Crippen molar-refractivity contribution in [2.24, 2.45) is 0 Å². The lowest BCUT2D eigenvalue weighted by atomic mass is 10.2. The van der Waals surface area contributed by atoms with Gasteiger partial charge >= 0.3 is 6.36 Å². The highest BCUT2D eigenvalue weighted by atomic mass is 32.2. The first kappa shape index (κ1) is 18.2. The highest BCUT2D eigenvalue weighted by molar-refractivity contribution is 7.93. The minimum Gasteiger partial charge on any atom is -0.406 e. The van der Waals surface area contributed by atoms with Crippen LogP contribution in [0.1, 0.15) is 0 Å². The van der Waals surface area contributed by atoms with Gasteiger partial charge in [-0.25, -0.2) is 13.4 Å². The molecule has 3 rings (SSSR count). The number of nitrogens with zero attached hydrogens (tertiary/aromatic N) is 1. The number of rotatable bonds is 5. The molecular formula is C16H11F3N2O3S2. The smallest absolute Gasteiger partial charge is 0.406 e. The second kappa shape index (κ2) is 6.96. The van der Waals surface area contributed by atoms with E-state index < -0.39 is 16.4 Å². The van der Waals surface area contributed by atoms with E-state index in [0.717, 1.165) is 23.5 Å². The third-order valence-corrected chi connectivity index (χ3v) is 5.40. The summed E-state index contributed by atoms with van der Waals surface area (Å²) in [6.07, 6.45) is -4.76. The van der Waals surface area contributed by atoms with Crippen LogP contribution in [0.3, 0.4) is 0 Å². The Labute approximate surface area is 151 Å². The van der Waals surface area contributed by atoms with Crippen molar-refractivity contribution in [3.05, 3.63) is 60.0 Å². The molecule has 0 bridgehead atoms. The fourth-order valence-corrected chi connectivity index (χ4v) is 4.05. The van der Waals surface area contributed by atoms with Crippen molar-refractivity contribution in [2.75, 3.05) is 4.72 Å². The maximum atomic E-state index is 12.3. The zero-order chi connectivity index (χ0) is 18.8. The molecule has 0 spiro atoms. The number of halogens is 3. The summed E-state index contributed by atoms with van der Waals surface area (Å²) in [5, 5.41) is 1.75. The molecule has 26 heavy (non-hydrogen) atoms. The lowest BCUT2D eigenvalue weighted by Crippen LogP contribution is -2.16. The van der Waals surface area contributed by atoms with Crippen molar-refractivity contribution in [2.45, 2.75) is 11.3 Å². The van der Waals surface area contributed by atoms with Crippen LogP contribution in [0.15, 0.2) is 64.9 Å². The molecule has 5 nitrogen and oxygen atoms in total. The van der Waals surface area contributed by atoms with Crippen molar-refractivity contribution in [1.29, 1.82) is 0 Å². The minimum atomic E-state index is -4.76. The van der Waals surface area contributed by atoms with E-state index in [9.17, 15) is 21.6 Å². The van der Waals surface area contributed by atoms with Gasteiger partial charge in [-0.1, -0.05) is 18.2 Å². The number of ether oxygens (including phenoxy) is 1. The Kier molecular flexibility index (Phi) is 4.88. The first-order chi connectivity index (χ1) is 12.2. The van der Waals surface area contributed by atoms with Gasteiger partial charge in [0.1, 0.15) is 5.75 Å². The number of hydrogen-bond acceptors (Lipinski definition) is 5. The number of nitrogens with one attached hydrogen (secondary N) is 1. The summed E-state index contributed by atoms with van der Waals surface area (Å²) in [7, 11) is -3.76. The molecule has 0 aliphatic rings. The third kappa shape index (κ3) is 4.52. The van der Waals surface area contributed by atoms with Crippen LogP contribution in [0.5, 0.6) is 5.75 Å². The van der Waals surface area contributed by atoms with Crippen molar-refractivity contribution in [1.82, 2.24) is 4.98 Å². The topological polar surface area (TPSA) is 68.3 Å². The summed E-state index contributed by atoms with van der Waals surface area (Å²) >= 11 is 1.07. The molecule has 10 heteroatoms. The van der Waals surface area contributed by atoms with Crippen LogP contribution in [0, 0.1) is 0 Å². The normalized spacial score (nSPS) is 12.0. The molecule has 2 aromatic carbocycles. The summed E-state index contributed by atoms with van der Waals surface area (Å²) in [4.78, 5) is 4.26. The first-order valence-corrected chi connectivity index (χ1v) is 9.49. The Bertz CT molecular complexity index is 986. The van der Waals surface area contributed by atoms with E-state index in [-0.39, 0.29) is 15.8 Å². The zero-order valence-electron chi connectivity index (χ0n) is 12.9. The zero-order valence-corrected chi connectivity index (χ0v) is 14.5. The van der Waals surface area contributed by atoms with Gasteiger partial charge in [0.25, 0.3) is 10.0 Å². The van der Waals surface area contributed by atoms with Gasteiger partial charge in [-0.15, -0.1) is 24.5 Å². The van der Waals surface area contributed by atoms with Crippen LogP contribution < -0.4 is 9.46 Å². The summed E-state index contributed by atoms with van der Waals surface area (Å²) in [6, 6.07) is 13.0. The van der Waals surface area contributed by atoms with E-state index in [1.54, 1.807) is 23.6 Å². The van der Waals surface area contributed by atoms with Gasteiger partial charge in [-0.3, -0.25) is 4.72 Å². The second-order valence-electron chi connectivity index (χ2n) is 5.03. The average molecular weight is 400 g/mol. The maximum Gasteiger partial charge on any atom is 0.573 e.